The molecule has 0 bridgehead atoms. The van der Waals surface area contributed by atoms with E-state index >= 15 is 0 Å². The van der Waals surface area contributed by atoms with Crippen LogP contribution in [-0.4, -0.2) is 36.1 Å². The highest BCUT2D eigenvalue weighted by Crippen LogP contribution is 2.47. The first-order valence-corrected chi connectivity index (χ1v) is 6.31. The molecule has 0 N–H and O–H groups in total. The van der Waals surface area contributed by atoms with Crippen LogP contribution in [0.1, 0.15) is 33.6 Å². The second-order valence-corrected chi connectivity index (χ2v) is 5.59. The first-order chi connectivity index (χ1) is 8.00. The lowest BCUT2D eigenvalue weighted by Gasteiger charge is -2.54. The first-order valence-electron chi connectivity index (χ1n) is 6.31. The van der Waals surface area contributed by atoms with Crippen molar-refractivity contribution in [3.8, 4) is 6.07 Å². The maximum Gasteiger partial charge on any atom is 0.224 e. The molecular weight excluding hydrogens is 216 g/mol. The molecule has 3 unspecified atom stereocenters. The van der Waals surface area contributed by atoms with Crippen molar-refractivity contribution in [2.75, 3.05) is 13.2 Å². The van der Waals surface area contributed by atoms with Crippen LogP contribution in [0, 0.1) is 22.7 Å². The number of hydrogen-bond acceptors (Lipinski definition) is 3. The Morgan fingerprint density at radius 3 is 2.76 bits per heavy atom. The van der Waals surface area contributed by atoms with Crippen LogP contribution in [0.5, 0.6) is 0 Å². The molecule has 0 aromatic heterocycles. The molecular formula is C13H20N2O2. The topological polar surface area (TPSA) is 53.3 Å². The van der Waals surface area contributed by atoms with Crippen LogP contribution in [0.4, 0.5) is 0 Å². The molecule has 2 aliphatic rings. The molecule has 1 heterocycles. The van der Waals surface area contributed by atoms with Gasteiger partial charge in [0.2, 0.25) is 5.91 Å². The second-order valence-electron chi connectivity index (χ2n) is 5.59. The first kappa shape index (κ1) is 12.4. The molecule has 4 heteroatoms. The van der Waals surface area contributed by atoms with Crippen molar-refractivity contribution in [2.45, 2.75) is 45.8 Å². The highest BCUT2D eigenvalue weighted by molar-refractivity contribution is 5.79. The third kappa shape index (κ3) is 1.93. The zero-order valence-corrected chi connectivity index (χ0v) is 10.8. The van der Waals surface area contributed by atoms with Crippen LogP contribution < -0.4 is 0 Å². The maximum atomic E-state index is 11.9. The largest absolute Gasteiger partial charge is 0.378 e. The minimum Gasteiger partial charge on any atom is -0.378 e. The molecule has 0 spiro atoms. The van der Waals surface area contributed by atoms with Crippen molar-refractivity contribution in [1.29, 1.82) is 5.26 Å². The van der Waals surface area contributed by atoms with Crippen molar-refractivity contribution in [2.24, 2.45) is 11.3 Å². The van der Waals surface area contributed by atoms with E-state index in [1.807, 2.05) is 11.8 Å². The molecule has 1 amide bonds. The minimum absolute atomic E-state index is 0.00994. The number of carbonyl (C=O) groups excluding carboxylic acids is 1. The van der Waals surface area contributed by atoms with Crippen LogP contribution in [0.3, 0.4) is 0 Å². The predicted octanol–water partition coefficient (Wildman–Crippen LogP) is 1.56. The van der Waals surface area contributed by atoms with Gasteiger partial charge in [0.25, 0.3) is 0 Å². The van der Waals surface area contributed by atoms with Crippen LogP contribution in [-0.2, 0) is 9.53 Å². The third-order valence-electron chi connectivity index (χ3n) is 4.21. The maximum absolute atomic E-state index is 11.9. The van der Waals surface area contributed by atoms with E-state index in [0.717, 1.165) is 13.0 Å². The average molecular weight is 236 g/mol. The number of nitriles is 1. The number of rotatable bonds is 3. The van der Waals surface area contributed by atoms with Gasteiger partial charge in [0, 0.05) is 31.0 Å². The van der Waals surface area contributed by atoms with Gasteiger partial charge in [-0.3, -0.25) is 4.79 Å². The molecule has 0 aromatic rings. The van der Waals surface area contributed by atoms with Gasteiger partial charge in [-0.2, -0.15) is 5.26 Å². The van der Waals surface area contributed by atoms with Crippen LogP contribution in [0.25, 0.3) is 0 Å². The number of nitrogens with zero attached hydrogens (tertiary/aromatic N) is 2. The van der Waals surface area contributed by atoms with Gasteiger partial charge in [-0.25, -0.2) is 0 Å². The zero-order chi connectivity index (χ0) is 12.6. The summed E-state index contributed by atoms with van der Waals surface area (Å²) in [5.41, 5.74) is 0.00994. The molecule has 1 saturated heterocycles. The summed E-state index contributed by atoms with van der Waals surface area (Å²) < 4.78 is 5.67. The third-order valence-corrected chi connectivity index (χ3v) is 4.21. The van der Waals surface area contributed by atoms with E-state index in [0.29, 0.717) is 13.0 Å². The van der Waals surface area contributed by atoms with E-state index in [2.05, 4.69) is 19.9 Å². The van der Waals surface area contributed by atoms with Crippen LogP contribution in [0.2, 0.25) is 0 Å². The number of ether oxygens (including phenoxy) is 1. The van der Waals surface area contributed by atoms with E-state index in [4.69, 9.17) is 10.00 Å². The lowest BCUT2D eigenvalue weighted by Crippen LogP contribution is -2.62. The normalized spacial score (nSPS) is 35.5. The van der Waals surface area contributed by atoms with Crippen molar-refractivity contribution < 1.29 is 9.53 Å². The standard InChI is InChI=1S/C13H20N2O2/c1-4-17-11-6-10(13(11,2)3)15-8-9(7-14)5-12(15)16/h9-11H,4-6,8H2,1-3H3. The van der Waals surface area contributed by atoms with Crippen molar-refractivity contribution in [3.63, 3.8) is 0 Å². The molecule has 1 saturated carbocycles. The molecule has 3 atom stereocenters. The minimum atomic E-state index is -0.121. The zero-order valence-electron chi connectivity index (χ0n) is 10.8. The Morgan fingerprint density at radius 1 is 1.59 bits per heavy atom. The van der Waals surface area contributed by atoms with Gasteiger partial charge in [0.1, 0.15) is 0 Å². The van der Waals surface area contributed by atoms with Crippen LogP contribution in [0.15, 0.2) is 0 Å². The van der Waals surface area contributed by atoms with E-state index in [9.17, 15) is 4.79 Å². The van der Waals surface area contributed by atoms with Crippen molar-refractivity contribution in [3.05, 3.63) is 0 Å². The van der Waals surface area contributed by atoms with E-state index < -0.39 is 0 Å². The summed E-state index contributed by atoms with van der Waals surface area (Å²) in [5.74, 6) is 0.00835. The molecule has 1 aliphatic heterocycles. The molecule has 17 heavy (non-hydrogen) atoms. The number of hydrogen-bond donors (Lipinski definition) is 0. The highest BCUT2D eigenvalue weighted by Gasteiger charge is 2.54. The van der Waals surface area contributed by atoms with E-state index in [-0.39, 0.29) is 29.4 Å². The quantitative estimate of drug-likeness (QED) is 0.747. The Labute approximate surface area is 103 Å². The smallest absolute Gasteiger partial charge is 0.224 e. The van der Waals surface area contributed by atoms with Gasteiger partial charge in [0.05, 0.1) is 18.1 Å². The lowest BCUT2D eigenvalue weighted by molar-refractivity contribution is -0.162. The molecule has 94 valence electrons. The molecule has 1 aliphatic carbocycles. The van der Waals surface area contributed by atoms with E-state index in [1.54, 1.807) is 0 Å². The predicted molar refractivity (Wildman–Crippen MR) is 63.0 cm³/mol. The molecule has 0 aromatic carbocycles. The fraction of sp³-hybridized carbons (Fsp3) is 0.846. The Kier molecular flexibility index (Phi) is 3.13. The van der Waals surface area contributed by atoms with Gasteiger partial charge in [-0.1, -0.05) is 13.8 Å². The van der Waals surface area contributed by atoms with Crippen molar-refractivity contribution >= 4 is 5.91 Å². The lowest BCUT2D eigenvalue weighted by atomic mass is 9.63. The summed E-state index contributed by atoms with van der Waals surface area (Å²) in [5, 5.41) is 8.89. The number of carbonyl (C=O) groups is 1. The highest BCUT2D eigenvalue weighted by atomic mass is 16.5. The summed E-state index contributed by atoms with van der Waals surface area (Å²) in [6, 6.07) is 2.44. The van der Waals surface area contributed by atoms with Crippen molar-refractivity contribution in [1.82, 2.24) is 4.90 Å². The molecule has 0 radical (unpaired) electrons. The average Bonchev–Trinajstić information content (AvgIpc) is 2.65. The fourth-order valence-corrected chi connectivity index (χ4v) is 3.00. The van der Waals surface area contributed by atoms with Gasteiger partial charge < -0.3 is 9.64 Å². The summed E-state index contributed by atoms with van der Waals surface area (Å²) >= 11 is 0. The van der Waals surface area contributed by atoms with Gasteiger partial charge in [-0.15, -0.1) is 0 Å². The molecule has 2 rings (SSSR count). The van der Waals surface area contributed by atoms with Gasteiger partial charge in [0.15, 0.2) is 0 Å². The molecule has 2 fully saturated rings. The fourth-order valence-electron chi connectivity index (χ4n) is 3.00. The summed E-state index contributed by atoms with van der Waals surface area (Å²) in [7, 11) is 0. The Balaban J connectivity index is 2.02. The molecule has 4 nitrogen and oxygen atoms in total. The van der Waals surface area contributed by atoms with Gasteiger partial charge in [-0.05, 0) is 13.3 Å². The Hall–Kier alpha value is -1.08. The second kappa shape index (κ2) is 4.30. The monoisotopic (exact) mass is 236 g/mol. The Bertz CT molecular complexity index is 359. The Morgan fingerprint density at radius 2 is 2.29 bits per heavy atom. The summed E-state index contributed by atoms with van der Waals surface area (Å²) in [6.45, 7) is 7.61. The number of likely N-dealkylation sites (tertiary alicyclic amines) is 1. The summed E-state index contributed by atoms with van der Waals surface area (Å²) in [6.07, 6.45) is 1.54. The summed E-state index contributed by atoms with van der Waals surface area (Å²) in [4.78, 5) is 13.8. The van der Waals surface area contributed by atoms with Crippen LogP contribution >= 0.6 is 0 Å². The van der Waals surface area contributed by atoms with Gasteiger partial charge >= 0.3 is 0 Å². The SMILES string of the molecule is CCOC1CC(N2CC(C#N)CC2=O)C1(C)C. The number of amides is 1. The van der Waals surface area contributed by atoms with E-state index in [1.165, 1.54) is 0 Å².